The maximum atomic E-state index is 12.2. The number of rotatable bonds is 8. The summed E-state index contributed by atoms with van der Waals surface area (Å²) in [6.07, 6.45) is -0.958. The summed E-state index contributed by atoms with van der Waals surface area (Å²) in [6, 6.07) is 18.8. The van der Waals surface area contributed by atoms with Gasteiger partial charge in [0.15, 0.2) is 0 Å². The van der Waals surface area contributed by atoms with Crippen LogP contribution in [0.2, 0.25) is 0 Å². The first-order valence-electron chi connectivity index (χ1n) is 7.73. The van der Waals surface area contributed by atoms with Gasteiger partial charge in [-0.05, 0) is 18.1 Å². The molecule has 0 spiro atoms. The van der Waals surface area contributed by atoms with Gasteiger partial charge in [-0.2, -0.15) is 0 Å². The van der Waals surface area contributed by atoms with Crippen LogP contribution in [-0.4, -0.2) is 30.4 Å². The van der Waals surface area contributed by atoms with Crippen LogP contribution in [0, 0.1) is 0 Å². The Balaban J connectivity index is 1.99. The first-order valence-corrected chi connectivity index (χ1v) is 7.73. The van der Waals surface area contributed by atoms with Gasteiger partial charge in [-0.15, -0.1) is 0 Å². The molecule has 23 heavy (non-hydrogen) atoms. The van der Waals surface area contributed by atoms with Crippen molar-refractivity contribution in [2.24, 2.45) is 0 Å². The van der Waals surface area contributed by atoms with E-state index in [0.29, 0.717) is 6.61 Å². The van der Waals surface area contributed by atoms with Gasteiger partial charge in [0, 0.05) is 0 Å². The van der Waals surface area contributed by atoms with E-state index in [1.54, 1.807) is 6.92 Å². The summed E-state index contributed by atoms with van der Waals surface area (Å²) < 4.78 is 10.6. The zero-order chi connectivity index (χ0) is 16.5. The van der Waals surface area contributed by atoms with Crippen molar-refractivity contribution in [3.63, 3.8) is 0 Å². The molecule has 0 aliphatic carbocycles. The molecule has 0 saturated carbocycles. The normalized spacial score (nSPS) is 13.3. The first-order chi connectivity index (χ1) is 11.2. The summed E-state index contributed by atoms with van der Waals surface area (Å²) in [6.45, 7) is 2.48. The highest BCUT2D eigenvalue weighted by Gasteiger charge is 2.30. The van der Waals surface area contributed by atoms with Crippen LogP contribution in [-0.2, 0) is 20.9 Å². The second kappa shape index (κ2) is 9.08. The third-order valence-corrected chi connectivity index (χ3v) is 3.48. The van der Waals surface area contributed by atoms with Crippen molar-refractivity contribution in [1.29, 1.82) is 0 Å². The molecule has 2 rings (SSSR count). The number of aliphatic hydroxyl groups is 1. The Bertz CT molecular complexity index is 583. The van der Waals surface area contributed by atoms with Gasteiger partial charge in [-0.1, -0.05) is 60.7 Å². The lowest BCUT2D eigenvalue weighted by Crippen LogP contribution is -2.31. The fraction of sp³-hybridized carbons (Fsp3) is 0.316. The van der Waals surface area contributed by atoms with Gasteiger partial charge < -0.3 is 14.6 Å². The molecule has 0 fully saturated rings. The molecule has 0 aliphatic rings. The summed E-state index contributed by atoms with van der Waals surface area (Å²) in [5, 5.41) is 10.4. The van der Waals surface area contributed by atoms with E-state index in [2.05, 4.69) is 0 Å². The lowest BCUT2D eigenvalue weighted by molar-refractivity contribution is -0.149. The lowest BCUT2D eigenvalue weighted by Gasteiger charge is -2.21. The smallest absolute Gasteiger partial charge is 0.316 e. The first kappa shape index (κ1) is 17.2. The van der Waals surface area contributed by atoms with E-state index in [4.69, 9.17) is 9.47 Å². The molecule has 2 aromatic rings. The van der Waals surface area contributed by atoms with Gasteiger partial charge in [0.1, 0.15) is 5.92 Å². The van der Waals surface area contributed by atoms with Gasteiger partial charge >= 0.3 is 5.97 Å². The minimum absolute atomic E-state index is 0.0628. The average molecular weight is 314 g/mol. The highest BCUT2D eigenvalue weighted by atomic mass is 16.5. The topological polar surface area (TPSA) is 55.8 Å². The van der Waals surface area contributed by atoms with Crippen molar-refractivity contribution in [2.45, 2.75) is 25.6 Å². The minimum Gasteiger partial charge on any atom is -0.465 e. The molecule has 0 bridgehead atoms. The molecule has 0 heterocycles. The zero-order valence-electron chi connectivity index (χ0n) is 13.2. The maximum absolute atomic E-state index is 12.2. The summed E-state index contributed by atoms with van der Waals surface area (Å²) in [5.74, 6) is -1.18. The minimum atomic E-state index is -0.958. The van der Waals surface area contributed by atoms with Crippen LogP contribution in [0.4, 0.5) is 0 Å². The molecular formula is C19H22O4. The lowest BCUT2D eigenvalue weighted by atomic mass is 9.94. The van der Waals surface area contributed by atoms with Crippen molar-refractivity contribution in [1.82, 2.24) is 0 Å². The standard InChI is InChI=1S/C19H22O4/c1-2-23-19(21)18(16-11-7-4-8-12-16)17(20)14-22-13-15-9-5-3-6-10-15/h3-12,17-18,20H,2,13-14H2,1H3/t17-,18+/m0/s1. The van der Waals surface area contributed by atoms with Gasteiger partial charge in [-0.3, -0.25) is 4.79 Å². The molecule has 4 heteroatoms. The third kappa shape index (κ3) is 5.20. The Labute approximate surface area is 136 Å². The Morgan fingerprint density at radius 2 is 1.65 bits per heavy atom. The van der Waals surface area contributed by atoms with E-state index in [9.17, 15) is 9.90 Å². The molecule has 0 saturated heterocycles. The predicted molar refractivity (Wildman–Crippen MR) is 87.9 cm³/mol. The van der Waals surface area contributed by atoms with Gasteiger partial charge in [0.25, 0.3) is 0 Å². The molecule has 4 nitrogen and oxygen atoms in total. The average Bonchev–Trinajstić information content (AvgIpc) is 2.57. The third-order valence-electron chi connectivity index (χ3n) is 3.48. The van der Waals surface area contributed by atoms with E-state index in [0.717, 1.165) is 11.1 Å². The summed E-state index contributed by atoms with van der Waals surface area (Å²) in [7, 11) is 0. The highest BCUT2D eigenvalue weighted by molar-refractivity contribution is 5.79. The summed E-state index contributed by atoms with van der Waals surface area (Å²) >= 11 is 0. The number of ether oxygens (including phenoxy) is 2. The largest absolute Gasteiger partial charge is 0.465 e. The van der Waals surface area contributed by atoms with E-state index < -0.39 is 18.0 Å². The molecule has 0 aromatic heterocycles. The number of hydrogen-bond donors (Lipinski definition) is 1. The van der Waals surface area contributed by atoms with Gasteiger partial charge in [0.05, 0.1) is 25.9 Å². The van der Waals surface area contributed by atoms with E-state index in [1.807, 2.05) is 60.7 Å². The molecule has 2 aromatic carbocycles. The molecule has 0 unspecified atom stereocenters. The quantitative estimate of drug-likeness (QED) is 0.761. The van der Waals surface area contributed by atoms with Crippen molar-refractivity contribution < 1.29 is 19.4 Å². The fourth-order valence-electron chi connectivity index (χ4n) is 2.38. The van der Waals surface area contributed by atoms with Crippen LogP contribution in [0.1, 0.15) is 24.0 Å². The molecule has 122 valence electrons. The molecule has 0 amide bonds. The Morgan fingerprint density at radius 1 is 1.04 bits per heavy atom. The fourth-order valence-corrected chi connectivity index (χ4v) is 2.38. The van der Waals surface area contributed by atoms with Crippen LogP contribution in [0.3, 0.4) is 0 Å². The number of carbonyl (C=O) groups is 1. The number of aliphatic hydroxyl groups excluding tert-OH is 1. The number of benzene rings is 2. The number of esters is 1. The molecule has 2 atom stereocenters. The van der Waals surface area contributed by atoms with Crippen molar-refractivity contribution in [2.75, 3.05) is 13.2 Å². The van der Waals surface area contributed by atoms with Crippen LogP contribution >= 0.6 is 0 Å². The zero-order valence-corrected chi connectivity index (χ0v) is 13.2. The second-order valence-electron chi connectivity index (χ2n) is 5.21. The number of hydrogen-bond acceptors (Lipinski definition) is 4. The SMILES string of the molecule is CCOC(=O)[C@H](c1ccccc1)[C@@H](O)COCc1ccccc1. The van der Waals surface area contributed by atoms with Crippen molar-refractivity contribution >= 4 is 5.97 Å². The van der Waals surface area contributed by atoms with Crippen molar-refractivity contribution in [3.05, 3.63) is 71.8 Å². The maximum Gasteiger partial charge on any atom is 0.316 e. The Kier molecular flexibility index (Phi) is 6.78. The van der Waals surface area contributed by atoms with Crippen LogP contribution < -0.4 is 0 Å². The molecule has 1 N–H and O–H groups in total. The number of carbonyl (C=O) groups excluding carboxylic acids is 1. The van der Waals surface area contributed by atoms with E-state index >= 15 is 0 Å². The van der Waals surface area contributed by atoms with Gasteiger partial charge in [0.2, 0.25) is 0 Å². The van der Waals surface area contributed by atoms with Crippen molar-refractivity contribution in [3.8, 4) is 0 Å². The van der Waals surface area contributed by atoms with Crippen LogP contribution in [0.25, 0.3) is 0 Å². The predicted octanol–water partition coefficient (Wildman–Crippen LogP) is 2.91. The Hall–Kier alpha value is -2.17. The second-order valence-corrected chi connectivity index (χ2v) is 5.21. The van der Waals surface area contributed by atoms with Crippen LogP contribution in [0.15, 0.2) is 60.7 Å². The summed E-state index contributed by atoms with van der Waals surface area (Å²) in [5.41, 5.74) is 1.74. The monoisotopic (exact) mass is 314 g/mol. The summed E-state index contributed by atoms with van der Waals surface area (Å²) in [4.78, 5) is 12.2. The Morgan fingerprint density at radius 3 is 2.26 bits per heavy atom. The van der Waals surface area contributed by atoms with E-state index in [-0.39, 0.29) is 13.2 Å². The van der Waals surface area contributed by atoms with Gasteiger partial charge in [-0.25, -0.2) is 0 Å². The molecule has 0 aliphatic heterocycles. The highest BCUT2D eigenvalue weighted by Crippen LogP contribution is 2.22. The molecular weight excluding hydrogens is 292 g/mol. The van der Waals surface area contributed by atoms with Crippen LogP contribution in [0.5, 0.6) is 0 Å². The van der Waals surface area contributed by atoms with E-state index in [1.165, 1.54) is 0 Å². The molecule has 0 radical (unpaired) electrons.